The van der Waals surface area contributed by atoms with Crippen LogP contribution in [-0.4, -0.2) is 5.78 Å². The maximum atomic E-state index is 10.6. The van der Waals surface area contributed by atoms with Crippen molar-refractivity contribution < 1.29 is 4.79 Å². The number of Topliss-reactive ketones (excluding diaryl/α,β-unsaturated/α-hetero) is 1. The van der Waals surface area contributed by atoms with Crippen LogP contribution in [-0.2, 0) is 4.79 Å². The van der Waals surface area contributed by atoms with Crippen LogP contribution in [0.5, 0.6) is 0 Å². The largest absolute Gasteiger partial charge is 0.300 e. The molecule has 1 aliphatic rings. The van der Waals surface area contributed by atoms with Gasteiger partial charge < -0.3 is 0 Å². The molecule has 0 radical (unpaired) electrons. The molecule has 12 heavy (non-hydrogen) atoms. The number of hydrogen-bond donors (Lipinski definition) is 0. The van der Waals surface area contributed by atoms with Crippen LogP contribution in [0.3, 0.4) is 0 Å². The highest BCUT2D eigenvalue weighted by atomic mass is 16.1. The SMILES string of the molecule is CC.CC.CC(=O)C1CCCC1. The molecule has 0 aromatic heterocycles. The fraction of sp³-hybridized carbons (Fsp3) is 0.909. The summed E-state index contributed by atoms with van der Waals surface area (Å²) in [5.41, 5.74) is 0. The molecular weight excluding hydrogens is 148 g/mol. The minimum absolute atomic E-state index is 0.391. The Morgan fingerprint density at radius 2 is 1.33 bits per heavy atom. The summed E-state index contributed by atoms with van der Waals surface area (Å²) in [6, 6.07) is 0. The third-order valence-corrected chi connectivity index (χ3v) is 1.93. The first-order valence-electron chi connectivity index (χ1n) is 5.31. The summed E-state index contributed by atoms with van der Waals surface area (Å²) in [7, 11) is 0. The third-order valence-electron chi connectivity index (χ3n) is 1.93. The second kappa shape index (κ2) is 10.7. The Kier molecular flexibility index (Phi) is 12.6. The van der Waals surface area contributed by atoms with Gasteiger partial charge in [0.05, 0.1) is 0 Å². The average Bonchev–Trinajstić information content (AvgIpc) is 2.64. The monoisotopic (exact) mass is 172 g/mol. The first kappa shape index (κ1) is 14.2. The second-order valence-electron chi connectivity index (χ2n) is 2.59. The summed E-state index contributed by atoms with van der Waals surface area (Å²) in [5, 5.41) is 0. The molecule has 0 aromatic rings. The Hall–Kier alpha value is -0.330. The smallest absolute Gasteiger partial charge is 0.132 e. The molecule has 1 fully saturated rings. The molecule has 0 N–H and O–H groups in total. The van der Waals surface area contributed by atoms with E-state index in [0.29, 0.717) is 11.7 Å². The fourth-order valence-corrected chi connectivity index (χ4v) is 1.33. The van der Waals surface area contributed by atoms with Crippen LogP contribution in [0.1, 0.15) is 60.3 Å². The molecule has 0 aliphatic heterocycles. The van der Waals surface area contributed by atoms with E-state index >= 15 is 0 Å². The molecule has 0 heterocycles. The van der Waals surface area contributed by atoms with E-state index in [1.807, 2.05) is 27.7 Å². The van der Waals surface area contributed by atoms with Gasteiger partial charge in [0.25, 0.3) is 0 Å². The highest BCUT2D eigenvalue weighted by Crippen LogP contribution is 2.24. The molecule has 74 valence electrons. The van der Waals surface area contributed by atoms with Crippen molar-refractivity contribution in [2.75, 3.05) is 0 Å². The van der Waals surface area contributed by atoms with Crippen molar-refractivity contribution in [1.29, 1.82) is 0 Å². The number of carbonyl (C=O) groups excluding carboxylic acids is 1. The van der Waals surface area contributed by atoms with Gasteiger partial charge in [-0.3, -0.25) is 4.79 Å². The summed E-state index contributed by atoms with van der Waals surface area (Å²) in [5.74, 6) is 0.817. The van der Waals surface area contributed by atoms with Gasteiger partial charge in [0.15, 0.2) is 0 Å². The summed E-state index contributed by atoms with van der Waals surface area (Å²) < 4.78 is 0. The zero-order valence-corrected chi connectivity index (χ0v) is 9.31. The maximum Gasteiger partial charge on any atom is 0.132 e. The predicted molar refractivity (Wildman–Crippen MR) is 55.3 cm³/mol. The van der Waals surface area contributed by atoms with Gasteiger partial charge in [-0.05, 0) is 19.8 Å². The highest BCUT2D eigenvalue weighted by molar-refractivity contribution is 5.78. The molecule has 0 atom stereocenters. The van der Waals surface area contributed by atoms with E-state index < -0.39 is 0 Å². The minimum atomic E-state index is 0.391. The lowest BCUT2D eigenvalue weighted by atomic mass is 10.0. The molecule has 1 rings (SSSR count). The first-order valence-corrected chi connectivity index (χ1v) is 5.31. The van der Waals surface area contributed by atoms with Crippen molar-refractivity contribution >= 4 is 5.78 Å². The molecule has 0 aromatic carbocycles. The quantitative estimate of drug-likeness (QED) is 0.587. The maximum absolute atomic E-state index is 10.6. The number of hydrogen-bond acceptors (Lipinski definition) is 1. The van der Waals surface area contributed by atoms with Gasteiger partial charge in [-0.15, -0.1) is 0 Å². The third kappa shape index (κ3) is 6.38. The zero-order chi connectivity index (χ0) is 9.98. The van der Waals surface area contributed by atoms with E-state index in [2.05, 4.69) is 0 Å². The Morgan fingerprint density at radius 1 is 1.00 bits per heavy atom. The van der Waals surface area contributed by atoms with E-state index in [1.54, 1.807) is 6.92 Å². The van der Waals surface area contributed by atoms with Crippen LogP contribution >= 0.6 is 0 Å². The van der Waals surface area contributed by atoms with E-state index in [0.717, 1.165) is 12.8 Å². The molecule has 1 heteroatoms. The molecule has 1 saturated carbocycles. The Morgan fingerprint density at radius 3 is 1.50 bits per heavy atom. The molecule has 0 spiro atoms. The van der Waals surface area contributed by atoms with Crippen molar-refractivity contribution in [3.05, 3.63) is 0 Å². The fourth-order valence-electron chi connectivity index (χ4n) is 1.33. The zero-order valence-electron chi connectivity index (χ0n) is 9.31. The van der Waals surface area contributed by atoms with E-state index in [1.165, 1.54) is 12.8 Å². The van der Waals surface area contributed by atoms with Gasteiger partial charge in [0.1, 0.15) is 5.78 Å². The van der Waals surface area contributed by atoms with Crippen LogP contribution in [0, 0.1) is 5.92 Å². The van der Waals surface area contributed by atoms with Crippen LogP contribution in [0.2, 0.25) is 0 Å². The molecular formula is C11H24O. The van der Waals surface area contributed by atoms with Crippen molar-refractivity contribution in [1.82, 2.24) is 0 Å². The van der Waals surface area contributed by atoms with E-state index in [9.17, 15) is 4.79 Å². The number of ketones is 1. The molecule has 1 aliphatic carbocycles. The standard InChI is InChI=1S/C7H12O.2C2H6/c1-6(8)7-4-2-3-5-7;2*1-2/h7H,2-5H2,1H3;2*1-2H3. The lowest BCUT2D eigenvalue weighted by Gasteiger charge is -1.99. The molecule has 0 saturated heterocycles. The summed E-state index contributed by atoms with van der Waals surface area (Å²) in [4.78, 5) is 10.6. The van der Waals surface area contributed by atoms with Crippen LogP contribution < -0.4 is 0 Å². The van der Waals surface area contributed by atoms with Crippen molar-refractivity contribution in [3.8, 4) is 0 Å². The Balaban J connectivity index is 0. The predicted octanol–water partition coefficient (Wildman–Crippen LogP) is 3.82. The van der Waals surface area contributed by atoms with Crippen molar-refractivity contribution in [2.45, 2.75) is 60.3 Å². The summed E-state index contributed by atoms with van der Waals surface area (Å²) in [6.07, 6.45) is 4.83. The second-order valence-corrected chi connectivity index (χ2v) is 2.59. The van der Waals surface area contributed by atoms with Crippen molar-refractivity contribution in [2.24, 2.45) is 5.92 Å². The van der Waals surface area contributed by atoms with Gasteiger partial charge in [-0.25, -0.2) is 0 Å². The van der Waals surface area contributed by atoms with Gasteiger partial charge in [0, 0.05) is 5.92 Å². The molecule has 0 amide bonds. The number of carbonyl (C=O) groups is 1. The van der Waals surface area contributed by atoms with Crippen LogP contribution in [0.4, 0.5) is 0 Å². The van der Waals surface area contributed by atoms with Crippen molar-refractivity contribution in [3.63, 3.8) is 0 Å². The van der Waals surface area contributed by atoms with Crippen LogP contribution in [0.25, 0.3) is 0 Å². The molecule has 1 nitrogen and oxygen atoms in total. The van der Waals surface area contributed by atoms with Crippen LogP contribution in [0.15, 0.2) is 0 Å². The lowest BCUT2D eigenvalue weighted by Crippen LogP contribution is -2.04. The topological polar surface area (TPSA) is 17.1 Å². The van der Waals surface area contributed by atoms with E-state index in [-0.39, 0.29) is 0 Å². The number of rotatable bonds is 1. The molecule has 0 unspecified atom stereocenters. The Labute approximate surface area is 77.6 Å². The van der Waals surface area contributed by atoms with Gasteiger partial charge in [-0.1, -0.05) is 40.5 Å². The Bertz CT molecular complexity index is 91.2. The first-order chi connectivity index (χ1) is 5.80. The minimum Gasteiger partial charge on any atom is -0.300 e. The van der Waals surface area contributed by atoms with Gasteiger partial charge in [0.2, 0.25) is 0 Å². The summed E-state index contributed by atoms with van der Waals surface area (Å²) in [6.45, 7) is 9.70. The van der Waals surface area contributed by atoms with Gasteiger partial charge in [-0.2, -0.15) is 0 Å². The molecule has 0 bridgehead atoms. The highest BCUT2D eigenvalue weighted by Gasteiger charge is 2.18. The lowest BCUT2D eigenvalue weighted by molar-refractivity contribution is -0.120. The van der Waals surface area contributed by atoms with E-state index in [4.69, 9.17) is 0 Å². The van der Waals surface area contributed by atoms with Gasteiger partial charge >= 0.3 is 0 Å². The summed E-state index contributed by atoms with van der Waals surface area (Å²) >= 11 is 0. The average molecular weight is 172 g/mol. The normalized spacial score (nSPS) is 15.4.